The Labute approximate surface area is 116 Å². The molecule has 2 aromatic heterocycles. The molecule has 0 aromatic carbocycles. The standard InChI is InChI=1S/C13H16N6O/c20-13(12-9-15-17-16-12)19-7-5-18(6-8-19)10-11-1-3-14-4-2-11/h1-4,9H,5-8,10H2,(H,15,16,17). The first-order valence-corrected chi connectivity index (χ1v) is 6.59. The first-order valence-electron chi connectivity index (χ1n) is 6.59. The summed E-state index contributed by atoms with van der Waals surface area (Å²) < 4.78 is 0. The van der Waals surface area contributed by atoms with Gasteiger partial charge in [0.15, 0.2) is 5.69 Å². The molecule has 1 aliphatic heterocycles. The number of aromatic nitrogens is 4. The molecule has 1 aliphatic rings. The lowest BCUT2D eigenvalue weighted by molar-refractivity contribution is 0.0622. The molecule has 0 spiro atoms. The van der Waals surface area contributed by atoms with Gasteiger partial charge in [-0.3, -0.25) is 14.7 Å². The summed E-state index contributed by atoms with van der Waals surface area (Å²) in [7, 11) is 0. The van der Waals surface area contributed by atoms with Gasteiger partial charge in [-0.25, -0.2) is 0 Å². The molecule has 0 radical (unpaired) electrons. The van der Waals surface area contributed by atoms with E-state index >= 15 is 0 Å². The van der Waals surface area contributed by atoms with Crippen LogP contribution in [0.1, 0.15) is 16.1 Å². The van der Waals surface area contributed by atoms with Crippen molar-refractivity contribution in [2.75, 3.05) is 26.2 Å². The Morgan fingerprint density at radius 1 is 1.20 bits per heavy atom. The Hall–Kier alpha value is -2.28. The lowest BCUT2D eigenvalue weighted by Gasteiger charge is -2.34. The molecule has 2 aromatic rings. The molecule has 7 nitrogen and oxygen atoms in total. The van der Waals surface area contributed by atoms with E-state index in [0.29, 0.717) is 5.69 Å². The highest BCUT2D eigenvalue weighted by Gasteiger charge is 2.23. The van der Waals surface area contributed by atoms with Gasteiger partial charge in [0.25, 0.3) is 5.91 Å². The summed E-state index contributed by atoms with van der Waals surface area (Å²) >= 11 is 0. The van der Waals surface area contributed by atoms with Crippen LogP contribution in [0.3, 0.4) is 0 Å². The second kappa shape index (κ2) is 5.79. The summed E-state index contributed by atoms with van der Waals surface area (Å²) in [6.45, 7) is 4.07. The highest BCUT2D eigenvalue weighted by molar-refractivity contribution is 5.91. The van der Waals surface area contributed by atoms with Crippen LogP contribution in [0.2, 0.25) is 0 Å². The number of rotatable bonds is 3. The van der Waals surface area contributed by atoms with Crippen molar-refractivity contribution in [1.29, 1.82) is 0 Å². The maximum atomic E-state index is 12.1. The number of carbonyl (C=O) groups excluding carboxylic acids is 1. The van der Waals surface area contributed by atoms with Crippen molar-refractivity contribution in [1.82, 2.24) is 30.2 Å². The highest BCUT2D eigenvalue weighted by atomic mass is 16.2. The van der Waals surface area contributed by atoms with E-state index in [4.69, 9.17) is 0 Å². The SMILES string of the molecule is O=C(c1cn[nH]n1)N1CCN(Cc2ccncc2)CC1. The zero-order chi connectivity index (χ0) is 13.8. The largest absolute Gasteiger partial charge is 0.335 e. The zero-order valence-corrected chi connectivity index (χ0v) is 11.1. The fourth-order valence-corrected chi connectivity index (χ4v) is 2.32. The van der Waals surface area contributed by atoms with Gasteiger partial charge >= 0.3 is 0 Å². The fraction of sp³-hybridized carbons (Fsp3) is 0.385. The van der Waals surface area contributed by atoms with Crippen molar-refractivity contribution in [3.05, 3.63) is 42.0 Å². The van der Waals surface area contributed by atoms with Crippen LogP contribution in [0.5, 0.6) is 0 Å². The summed E-state index contributed by atoms with van der Waals surface area (Å²) in [6.07, 6.45) is 5.07. The topological polar surface area (TPSA) is 78.0 Å². The van der Waals surface area contributed by atoms with Crippen LogP contribution in [0.25, 0.3) is 0 Å². The molecule has 1 saturated heterocycles. The number of amides is 1. The van der Waals surface area contributed by atoms with E-state index in [2.05, 4.69) is 25.3 Å². The second-order valence-electron chi connectivity index (χ2n) is 4.78. The highest BCUT2D eigenvalue weighted by Crippen LogP contribution is 2.09. The molecular weight excluding hydrogens is 256 g/mol. The van der Waals surface area contributed by atoms with Crippen LogP contribution >= 0.6 is 0 Å². The quantitative estimate of drug-likeness (QED) is 0.861. The monoisotopic (exact) mass is 272 g/mol. The summed E-state index contributed by atoms with van der Waals surface area (Å²) in [5.74, 6) is -0.0534. The lowest BCUT2D eigenvalue weighted by Crippen LogP contribution is -2.48. The van der Waals surface area contributed by atoms with E-state index in [1.807, 2.05) is 17.0 Å². The molecule has 0 atom stereocenters. The summed E-state index contributed by atoms with van der Waals surface area (Å²) in [5, 5.41) is 9.97. The lowest BCUT2D eigenvalue weighted by atomic mass is 10.2. The Kier molecular flexibility index (Phi) is 3.69. The van der Waals surface area contributed by atoms with Crippen LogP contribution in [0.4, 0.5) is 0 Å². The van der Waals surface area contributed by atoms with Crippen LogP contribution in [0, 0.1) is 0 Å². The molecule has 0 aliphatic carbocycles. The number of nitrogens with one attached hydrogen (secondary N) is 1. The molecule has 0 unspecified atom stereocenters. The van der Waals surface area contributed by atoms with Crippen molar-refractivity contribution in [2.45, 2.75) is 6.54 Å². The van der Waals surface area contributed by atoms with Gasteiger partial charge in [0.2, 0.25) is 0 Å². The third kappa shape index (κ3) is 2.83. The number of hydrogen-bond donors (Lipinski definition) is 1. The second-order valence-corrected chi connectivity index (χ2v) is 4.78. The van der Waals surface area contributed by atoms with Crippen LogP contribution in [0.15, 0.2) is 30.7 Å². The van der Waals surface area contributed by atoms with Gasteiger partial charge in [0, 0.05) is 45.1 Å². The van der Waals surface area contributed by atoms with E-state index < -0.39 is 0 Å². The molecule has 1 N–H and O–H groups in total. The fourth-order valence-electron chi connectivity index (χ4n) is 2.32. The summed E-state index contributed by atoms with van der Waals surface area (Å²) in [6, 6.07) is 4.04. The van der Waals surface area contributed by atoms with Gasteiger partial charge in [0.05, 0.1) is 6.20 Å². The average Bonchev–Trinajstić information content (AvgIpc) is 3.03. The van der Waals surface area contributed by atoms with Crippen molar-refractivity contribution < 1.29 is 4.79 Å². The molecule has 1 fully saturated rings. The Bertz CT molecular complexity index is 548. The first-order chi connectivity index (χ1) is 9.83. The third-order valence-electron chi connectivity index (χ3n) is 3.45. The van der Waals surface area contributed by atoms with Gasteiger partial charge in [-0.2, -0.15) is 15.4 Å². The molecule has 0 saturated carbocycles. The normalized spacial score (nSPS) is 16.3. The molecule has 104 valence electrons. The number of nitrogens with zero attached hydrogens (tertiary/aromatic N) is 5. The van der Waals surface area contributed by atoms with Crippen molar-refractivity contribution in [2.24, 2.45) is 0 Å². The maximum absolute atomic E-state index is 12.1. The summed E-state index contributed by atoms with van der Waals surface area (Å²) in [4.78, 5) is 20.3. The predicted molar refractivity (Wildman–Crippen MR) is 71.8 cm³/mol. The van der Waals surface area contributed by atoms with E-state index in [1.54, 1.807) is 12.4 Å². The minimum absolute atomic E-state index is 0.0534. The number of aromatic amines is 1. The Balaban J connectivity index is 1.53. The Morgan fingerprint density at radius 3 is 2.60 bits per heavy atom. The Morgan fingerprint density at radius 2 is 1.95 bits per heavy atom. The van der Waals surface area contributed by atoms with Gasteiger partial charge in [-0.15, -0.1) is 0 Å². The molecule has 20 heavy (non-hydrogen) atoms. The zero-order valence-electron chi connectivity index (χ0n) is 11.1. The van der Waals surface area contributed by atoms with Crippen molar-refractivity contribution >= 4 is 5.91 Å². The van der Waals surface area contributed by atoms with E-state index in [1.165, 1.54) is 11.8 Å². The average molecular weight is 272 g/mol. The number of hydrogen-bond acceptors (Lipinski definition) is 5. The van der Waals surface area contributed by atoms with E-state index in [0.717, 1.165) is 32.7 Å². The van der Waals surface area contributed by atoms with Gasteiger partial charge in [-0.05, 0) is 17.7 Å². The van der Waals surface area contributed by atoms with Crippen molar-refractivity contribution in [3.63, 3.8) is 0 Å². The number of piperazine rings is 1. The van der Waals surface area contributed by atoms with E-state index in [9.17, 15) is 4.79 Å². The predicted octanol–water partition coefficient (Wildman–Crippen LogP) is 0.158. The number of pyridine rings is 1. The molecule has 1 amide bonds. The van der Waals surface area contributed by atoms with Crippen LogP contribution in [-0.2, 0) is 6.54 Å². The van der Waals surface area contributed by atoms with E-state index in [-0.39, 0.29) is 5.91 Å². The molecule has 3 heterocycles. The van der Waals surface area contributed by atoms with Gasteiger partial charge in [0.1, 0.15) is 0 Å². The van der Waals surface area contributed by atoms with Crippen LogP contribution in [-0.4, -0.2) is 62.3 Å². The molecule has 0 bridgehead atoms. The van der Waals surface area contributed by atoms with Gasteiger partial charge < -0.3 is 4.90 Å². The van der Waals surface area contributed by atoms with Crippen molar-refractivity contribution in [3.8, 4) is 0 Å². The smallest absolute Gasteiger partial charge is 0.276 e. The molecule has 7 heteroatoms. The minimum atomic E-state index is -0.0534. The van der Waals surface area contributed by atoms with Gasteiger partial charge in [-0.1, -0.05) is 0 Å². The number of carbonyl (C=O) groups is 1. The first kappa shape index (κ1) is 12.7. The number of H-pyrrole nitrogens is 1. The molecule has 3 rings (SSSR count). The third-order valence-corrected chi connectivity index (χ3v) is 3.45. The summed E-state index contributed by atoms with van der Waals surface area (Å²) in [5.41, 5.74) is 1.63. The maximum Gasteiger partial charge on any atom is 0.276 e. The molecular formula is C13H16N6O. The van der Waals surface area contributed by atoms with Crippen LogP contribution < -0.4 is 0 Å². The minimum Gasteiger partial charge on any atom is -0.335 e.